The largest absolute Gasteiger partial charge is 0.461 e. The van der Waals surface area contributed by atoms with Crippen LogP contribution in [0.5, 0.6) is 0 Å². The summed E-state index contributed by atoms with van der Waals surface area (Å²) in [6.07, 6.45) is 4.01. The van der Waals surface area contributed by atoms with Crippen molar-refractivity contribution in [1.82, 2.24) is 9.78 Å². The summed E-state index contributed by atoms with van der Waals surface area (Å²) in [5, 5.41) is 4.15. The number of hydrogen-bond acceptors (Lipinski definition) is 3. The normalized spacial score (nSPS) is 10.5. The molecule has 0 bridgehead atoms. The van der Waals surface area contributed by atoms with Crippen LogP contribution in [0, 0.1) is 6.92 Å². The van der Waals surface area contributed by atoms with Crippen LogP contribution in [0.25, 0.3) is 11.1 Å². The van der Waals surface area contributed by atoms with Gasteiger partial charge in [-0.1, -0.05) is 54.6 Å². The third-order valence-corrected chi connectivity index (χ3v) is 3.77. The summed E-state index contributed by atoms with van der Waals surface area (Å²) in [4.78, 5) is 11.8. The molecule has 0 aliphatic rings. The molecule has 2 aromatic carbocycles. The van der Waals surface area contributed by atoms with Gasteiger partial charge < -0.3 is 4.74 Å². The molecule has 0 spiro atoms. The van der Waals surface area contributed by atoms with Crippen LogP contribution in [-0.4, -0.2) is 15.7 Å². The molecule has 0 fully saturated rings. The highest BCUT2D eigenvalue weighted by molar-refractivity contribution is 5.69. The van der Waals surface area contributed by atoms with Crippen LogP contribution >= 0.6 is 0 Å². The first-order chi connectivity index (χ1) is 11.7. The molecule has 3 aromatic rings. The molecule has 1 heterocycles. The van der Waals surface area contributed by atoms with Crippen LogP contribution in [0.4, 0.5) is 0 Å². The van der Waals surface area contributed by atoms with Crippen LogP contribution in [0.1, 0.15) is 17.5 Å². The molecule has 0 aliphatic heterocycles. The standard InChI is InChI=1S/C20H20N2O2/c1-16-13-21-22(14-16)12-11-20(23)24-15-17-7-9-19(10-8-17)18-5-3-2-4-6-18/h2-10,13-14H,11-12,15H2,1H3. The molecule has 24 heavy (non-hydrogen) atoms. The number of nitrogens with zero attached hydrogens (tertiary/aromatic N) is 2. The maximum Gasteiger partial charge on any atom is 0.308 e. The monoisotopic (exact) mass is 320 g/mol. The number of hydrogen-bond donors (Lipinski definition) is 0. The fraction of sp³-hybridized carbons (Fsp3) is 0.200. The quantitative estimate of drug-likeness (QED) is 0.645. The third-order valence-electron chi connectivity index (χ3n) is 3.77. The van der Waals surface area contributed by atoms with Crippen molar-refractivity contribution in [3.05, 3.63) is 78.1 Å². The molecule has 0 unspecified atom stereocenters. The van der Waals surface area contributed by atoms with Gasteiger partial charge in [0.1, 0.15) is 6.61 Å². The second kappa shape index (κ2) is 7.59. The number of carbonyl (C=O) groups excluding carboxylic acids is 1. The predicted molar refractivity (Wildman–Crippen MR) is 93.3 cm³/mol. The zero-order chi connectivity index (χ0) is 16.8. The van der Waals surface area contributed by atoms with Gasteiger partial charge in [0, 0.05) is 6.20 Å². The molecule has 0 aliphatic carbocycles. The molecule has 122 valence electrons. The van der Waals surface area contributed by atoms with Crippen LogP contribution in [0.3, 0.4) is 0 Å². The highest BCUT2D eigenvalue weighted by Gasteiger charge is 2.05. The maximum atomic E-state index is 11.8. The molecular weight excluding hydrogens is 300 g/mol. The summed E-state index contributed by atoms with van der Waals surface area (Å²) >= 11 is 0. The van der Waals surface area contributed by atoms with E-state index in [4.69, 9.17) is 4.74 Å². The first-order valence-electron chi connectivity index (χ1n) is 8.00. The number of carbonyl (C=O) groups is 1. The number of aromatic nitrogens is 2. The van der Waals surface area contributed by atoms with E-state index in [1.165, 1.54) is 5.56 Å². The lowest BCUT2D eigenvalue weighted by Gasteiger charge is -2.07. The number of ether oxygens (including phenoxy) is 1. The molecule has 0 atom stereocenters. The van der Waals surface area contributed by atoms with Gasteiger partial charge in [-0.25, -0.2) is 0 Å². The SMILES string of the molecule is Cc1cnn(CCC(=O)OCc2ccc(-c3ccccc3)cc2)c1. The van der Waals surface area contributed by atoms with Crippen molar-refractivity contribution in [3.8, 4) is 11.1 Å². The molecule has 4 heteroatoms. The number of rotatable bonds is 6. The number of esters is 1. The fourth-order valence-corrected chi connectivity index (χ4v) is 2.46. The van der Waals surface area contributed by atoms with Gasteiger partial charge >= 0.3 is 5.97 Å². The van der Waals surface area contributed by atoms with Gasteiger partial charge in [0.2, 0.25) is 0 Å². The molecule has 0 N–H and O–H groups in total. The van der Waals surface area contributed by atoms with E-state index in [9.17, 15) is 4.79 Å². The van der Waals surface area contributed by atoms with Crippen molar-refractivity contribution in [2.24, 2.45) is 0 Å². The van der Waals surface area contributed by atoms with Crippen molar-refractivity contribution in [3.63, 3.8) is 0 Å². The van der Waals surface area contributed by atoms with Crippen LogP contribution in [-0.2, 0) is 22.7 Å². The molecule has 0 saturated carbocycles. The second-order valence-corrected chi connectivity index (χ2v) is 5.75. The summed E-state index contributed by atoms with van der Waals surface area (Å²) in [5.41, 5.74) is 4.40. The lowest BCUT2D eigenvalue weighted by molar-refractivity contribution is -0.145. The smallest absolute Gasteiger partial charge is 0.308 e. The van der Waals surface area contributed by atoms with Gasteiger partial charge in [0.05, 0.1) is 19.2 Å². The average molecular weight is 320 g/mol. The highest BCUT2D eigenvalue weighted by Crippen LogP contribution is 2.19. The Morgan fingerprint density at radius 2 is 1.75 bits per heavy atom. The zero-order valence-electron chi connectivity index (χ0n) is 13.7. The van der Waals surface area contributed by atoms with E-state index in [1.54, 1.807) is 10.9 Å². The molecular formula is C20H20N2O2. The van der Waals surface area contributed by atoms with Gasteiger partial charge in [0.25, 0.3) is 0 Å². The van der Waals surface area contributed by atoms with Gasteiger partial charge in [0.15, 0.2) is 0 Å². The van der Waals surface area contributed by atoms with Gasteiger partial charge in [-0.15, -0.1) is 0 Å². The van der Waals surface area contributed by atoms with Crippen molar-refractivity contribution in [2.75, 3.05) is 0 Å². The Balaban J connectivity index is 1.48. The highest BCUT2D eigenvalue weighted by atomic mass is 16.5. The Bertz CT molecular complexity index is 792. The van der Waals surface area contributed by atoms with Crippen molar-refractivity contribution < 1.29 is 9.53 Å². The fourth-order valence-electron chi connectivity index (χ4n) is 2.46. The summed E-state index contributed by atoms with van der Waals surface area (Å²) < 4.78 is 7.08. The summed E-state index contributed by atoms with van der Waals surface area (Å²) in [5.74, 6) is -0.213. The van der Waals surface area contributed by atoms with E-state index in [2.05, 4.69) is 17.2 Å². The first kappa shape index (κ1) is 16.0. The van der Waals surface area contributed by atoms with Crippen LogP contribution in [0.15, 0.2) is 67.0 Å². The van der Waals surface area contributed by atoms with Crippen LogP contribution < -0.4 is 0 Å². The molecule has 3 rings (SSSR count). The molecule has 1 aromatic heterocycles. The summed E-state index contributed by atoms with van der Waals surface area (Å²) in [6, 6.07) is 18.3. The van der Waals surface area contributed by atoms with Crippen molar-refractivity contribution >= 4 is 5.97 Å². The van der Waals surface area contributed by atoms with Gasteiger partial charge in [-0.2, -0.15) is 5.10 Å². The Kier molecular flexibility index (Phi) is 5.06. The van der Waals surface area contributed by atoms with E-state index in [0.29, 0.717) is 19.6 Å². The average Bonchev–Trinajstić information content (AvgIpc) is 3.05. The third kappa shape index (κ3) is 4.32. The lowest BCUT2D eigenvalue weighted by Crippen LogP contribution is -2.09. The van der Waals surface area contributed by atoms with Crippen LogP contribution in [0.2, 0.25) is 0 Å². The Hall–Kier alpha value is -2.88. The minimum absolute atomic E-state index is 0.213. The number of benzene rings is 2. The van der Waals surface area contributed by atoms with Crippen molar-refractivity contribution in [2.45, 2.75) is 26.5 Å². The van der Waals surface area contributed by atoms with E-state index in [0.717, 1.165) is 16.7 Å². The molecule has 4 nitrogen and oxygen atoms in total. The first-order valence-corrected chi connectivity index (χ1v) is 8.00. The topological polar surface area (TPSA) is 44.1 Å². The lowest BCUT2D eigenvalue weighted by atomic mass is 10.0. The maximum absolute atomic E-state index is 11.8. The van der Waals surface area contributed by atoms with Crippen molar-refractivity contribution in [1.29, 1.82) is 0 Å². The summed E-state index contributed by atoms with van der Waals surface area (Å²) in [7, 11) is 0. The zero-order valence-corrected chi connectivity index (χ0v) is 13.7. The number of aryl methyl sites for hydroxylation is 2. The molecule has 0 saturated heterocycles. The Labute approximate surface area is 141 Å². The second-order valence-electron chi connectivity index (χ2n) is 5.75. The Morgan fingerprint density at radius 3 is 2.42 bits per heavy atom. The molecule has 0 radical (unpaired) electrons. The molecule has 0 amide bonds. The van der Waals surface area contributed by atoms with Gasteiger partial charge in [-0.3, -0.25) is 9.48 Å². The van der Waals surface area contributed by atoms with E-state index >= 15 is 0 Å². The van der Waals surface area contributed by atoms with Gasteiger partial charge in [-0.05, 0) is 29.2 Å². The van der Waals surface area contributed by atoms with E-state index in [-0.39, 0.29) is 5.97 Å². The minimum Gasteiger partial charge on any atom is -0.461 e. The summed E-state index contributed by atoms with van der Waals surface area (Å²) in [6.45, 7) is 2.81. The van der Waals surface area contributed by atoms with E-state index < -0.39 is 0 Å². The van der Waals surface area contributed by atoms with E-state index in [1.807, 2.05) is 55.6 Å². The predicted octanol–water partition coefficient (Wildman–Crippen LogP) is 3.99. The minimum atomic E-state index is -0.213. The Morgan fingerprint density at radius 1 is 1.04 bits per heavy atom.